The molecule has 1 aromatic carbocycles. The summed E-state index contributed by atoms with van der Waals surface area (Å²) in [5, 5.41) is 24.9. The zero-order chi connectivity index (χ0) is 27.5. The van der Waals surface area contributed by atoms with Crippen LogP contribution in [0.4, 0.5) is 0 Å². The monoisotopic (exact) mass is 530 g/mol. The summed E-state index contributed by atoms with van der Waals surface area (Å²) in [5.74, 6) is 1.67. The Hall–Kier alpha value is -3.76. The van der Waals surface area contributed by atoms with Crippen molar-refractivity contribution >= 4 is 21.9 Å². The van der Waals surface area contributed by atoms with E-state index in [9.17, 15) is 5.11 Å². The second-order valence-corrected chi connectivity index (χ2v) is 11.0. The molecule has 5 aromatic rings. The predicted molar refractivity (Wildman–Crippen MR) is 147 cm³/mol. The van der Waals surface area contributed by atoms with Gasteiger partial charge in [-0.1, -0.05) is 10.4 Å². The number of rotatable bonds is 6. The van der Waals surface area contributed by atoms with E-state index in [2.05, 4.69) is 32.2 Å². The smallest absolute Gasteiger partial charge is 0.134 e. The van der Waals surface area contributed by atoms with Crippen LogP contribution in [0, 0.1) is 19.8 Å². The van der Waals surface area contributed by atoms with Gasteiger partial charge in [0.2, 0.25) is 0 Å². The van der Waals surface area contributed by atoms with Gasteiger partial charge in [0.25, 0.3) is 0 Å². The summed E-state index contributed by atoms with van der Waals surface area (Å²) >= 11 is 0. The molecule has 1 N–H and O–H groups in total. The Morgan fingerprint density at radius 2 is 1.87 bits per heavy atom. The molecule has 39 heavy (non-hydrogen) atoms. The second-order valence-electron chi connectivity index (χ2n) is 11.0. The molecule has 10 heteroatoms. The van der Waals surface area contributed by atoms with E-state index in [4.69, 9.17) is 19.0 Å². The number of methoxy groups -OCH3 is 1. The van der Waals surface area contributed by atoms with Gasteiger partial charge in [-0.15, -0.1) is 5.10 Å². The fraction of sp³-hybridized carbons (Fsp3) is 0.448. The van der Waals surface area contributed by atoms with E-state index in [1.807, 2.05) is 39.2 Å². The maximum Gasteiger partial charge on any atom is 0.134 e. The molecule has 5 heterocycles. The Morgan fingerprint density at radius 3 is 2.49 bits per heavy atom. The third-order valence-corrected chi connectivity index (χ3v) is 7.84. The summed E-state index contributed by atoms with van der Waals surface area (Å²) in [5.41, 5.74) is 5.87. The molecule has 0 aliphatic carbocycles. The SMILES string of the molecule is COc1cc(C(C)(C)O)cc2c1c1ncc(-c3c(C)nnn3C)cc1n2C(c1cc(C)on1)C1CCOCC1. The van der Waals surface area contributed by atoms with E-state index in [0.29, 0.717) is 19.0 Å². The number of benzene rings is 1. The quantitative estimate of drug-likeness (QED) is 0.332. The van der Waals surface area contributed by atoms with Gasteiger partial charge in [-0.3, -0.25) is 4.98 Å². The fourth-order valence-electron chi connectivity index (χ4n) is 5.93. The van der Waals surface area contributed by atoms with Crippen LogP contribution >= 0.6 is 0 Å². The van der Waals surface area contributed by atoms with Gasteiger partial charge in [0, 0.05) is 38.1 Å². The molecule has 1 aliphatic heterocycles. The number of aryl methyl sites for hydroxylation is 3. The van der Waals surface area contributed by atoms with Crippen molar-refractivity contribution < 1.29 is 19.1 Å². The highest BCUT2D eigenvalue weighted by atomic mass is 16.5. The van der Waals surface area contributed by atoms with Crippen molar-refractivity contribution in [2.75, 3.05) is 20.3 Å². The van der Waals surface area contributed by atoms with Gasteiger partial charge in [-0.2, -0.15) is 0 Å². The maximum absolute atomic E-state index is 11.0. The molecule has 204 valence electrons. The molecule has 0 spiro atoms. The zero-order valence-electron chi connectivity index (χ0n) is 23.2. The highest BCUT2D eigenvalue weighted by Crippen LogP contribution is 2.44. The van der Waals surface area contributed by atoms with Gasteiger partial charge in [-0.05, 0) is 70.2 Å². The molecule has 1 aliphatic rings. The number of hydrogen-bond acceptors (Lipinski definition) is 8. The lowest BCUT2D eigenvalue weighted by molar-refractivity contribution is 0.0543. The summed E-state index contributed by atoms with van der Waals surface area (Å²) in [6.07, 6.45) is 3.64. The molecular formula is C29H34N6O4. The molecule has 1 atom stereocenters. The minimum atomic E-state index is -1.07. The average molecular weight is 531 g/mol. The molecule has 0 radical (unpaired) electrons. The Kier molecular flexibility index (Phi) is 6.19. The minimum Gasteiger partial charge on any atom is -0.496 e. The molecule has 1 fully saturated rings. The number of nitrogens with zero attached hydrogens (tertiary/aromatic N) is 6. The molecule has 0 saturated carbocycles. The molecule has 10 nitrogen and oxygen atoms in total. The second kappa shape index (κ2) is 9.46. The van der Waals surface area contributed by atoms with Crippen LogP contribution in [0.5, 0.6) is 5.75 Å². The Labute approximate surface area is 226 Å². The molecule has 1 unspecified atom stereocenters. The number of pyridine rings is 1. The number of aromatic nitrogens is 6. The lowest BCUT2D eigenvalue weighted by atomic mass is 9.89. The first-order valence-electron chi connectivity index (χ1n) is 13.3. The Morgan fingerprint density at radius 1 is 1.10 bits per heavy atom. The number of ether oxygens (including phenoxy) is 2. The van der Waals surface area contributed by atoms with Crippen molar-refractivity contribution in [3.63, 3.8) is 0 Å². The number of hydrogen-bond donors (Lipinski definition) is 1. The number of fused-ring (bicyclic) bond motifs is 3. The van der Waals surface area contributed by atoms with Crippen molar-refractivity contribution in [1.29, 1.82) is 0 Å². The minimum absolute atomic E-state index is 0.143. The first-order valence-corrected chi connectivity index (χ1v) is 13.3. The summed E-state index contributed by atoms with van der Waals surface area (Å²) < 4.78 is 21.3. The lowest BCUT2D eigenvalue weighted by Gasteiger charge is -2.31. The summed E-state index contributed by atoms with van der Waals surface area (Å²) in [7, 11) is 3.54. The predicted octanol–water partition coefficient (Wildman–Crippen LogP) is 4.84. The fourth-order valence-corrected chi connectivity index (χ4v) is 5.93. The third-order valence-electron chi connectivity index (χ3n) is 7.84. The first kappa shape index (κ1) is 25.5. The molecule has 0 bridgehead atoms. The number of aliphatic hydroxyl groups is 1. The molecule has 0 amide bonds. The van der Waals surface area contributed by atoms with Gasteiger partial charge >= 0.3 is 0 Å². The third kappa shape index (κ3) is 4.28. The normalized spacial score (nSPS) is 15.9. The van der Waals surface area contributed by atoms with Crippen molar-refractivity contribution in [3.8, 4) is 17.0 Å². The van der Waals surface area contributed by atoms with Crippen LogP contribution in [0.15, 0.2) is 35.0 Å². The van der Waals surface area contributed by atoms with Crippen LogP contribution < -0.4 is 4.74 Å². The van der Waals surface area contributed by atoms with Gasteiger partial charge in [-0.25, -0.2) is 4.68 Å². The van der Waals surface area contributed by atoms with Crippen LogP contribution in [0.1, 0.15) is 55.4 Å². The highest BCUT2D eigenvalue weighted by molar-refractivity contribution is 6.10. The highest BCUT2D eigenvalue weighted by Gasteiger charge is 2.34. The summed E-state index contributed by atoms with van der Waals surface area (Å²) in [6.45, 7) is 8.81. The van der Waals surface area contributed by atoms with E-state index in [1.54, 1.807) is 25.6 Å². The lowest BCUT2D eigenvalue weighted by Crippen LogP contribution is -2.27. The van der Waals surface area contributed by atoms with Gasteiger partial charge in [0.1, 0.15) is 17.2 Å². The molecule has 6 rings (SSSR count). The largest absolute Gasteiger partial charge is 0.496 e. The molecule has 4 aromatic heterocycles. The standard InChI is InChI=1S/C29H34N6O4/c1-16-11-21(32-39-16)28(18-7-9-38-10-8-18)35-22-13-20(29(3,4)36)14-24(37-6)25(22)26-23(35)12-19(15-30-26)27-17(2)31-33-34(27)5/h11-15,18,28,36H,7-10H2,1-6H3. The van der Waals surface area contributed by atoms with E-state index in [1.165, 1.54) is 0 Å². The van der Waals surface area contributed by atoms with E-state index in [-0.39, 0.29) is 12.0 Å². The summed E-state index contributed by atoms with van der Waals surface area (Å²) in [4.78, 5) is 4.99. The van der Waals surface area contributed by atoms with E-state index >= 15 is 0 Å². The van der Waals surface area contributed by atoms with Crippen molar-refractivity contribution in [2.45, 2.75) is 52.2 Å². The van der Waals surface area contributed by atoms with Gasteiger partial charge in [0.15, 0.2) is 0 Å². The first-order chi connectivity index (χ1) is 18.7. The van der Waals surface area contributed by atoms with Crippen molar-refractivity contribution in [3.05, 3.63) is 53.2 Å². The van der Waals surface area contributed by atoms with E-state index in [0.717, 1.165) is 68.7 Å². The zero-order valence-corrected chi connectivity index (χ0v) is 23.2. The van der Waals surface area contributed by atoms with Crippen molar-refractivity contribution in [2.24, 2.45) is 13.0 Å². The van der Waals surface area contributed by atoms with Crippen molar-refractivity contribution in [1.82, 2.24) is 29.7 Å². The Balaban J connectivity index is 1.74. The van der Waals surface area contributed by atoms with E-state index < -0.39 is 5.60 Å². The molecular weight excluding hydrogens is 496 g/mol. The van der Waals surface area contributed by atoms with Crippen LogP contribution in [0.3, 0.4) is 0 Å². The van der Waals surface area contributed by atoms with Crippen LogP contribution in [-0.2, 0) is 17.4 Å². The van der Waals surface area contributed by atoms with Crippen LogP contribution in [0.2, 0.25) is 0 Å². The average Bonchev–Trinajstić information content (AvgIpc) is 3.59. The van der Waals surface area contributed by atoms with Crippen LogP contribution in [0.25, 0.3) is 33.2 Å². The Bertz CT molecular complexity index is 1650. The summed E-state index contributed by atoms with van der Waals surface area (Å²) in [6, 6.07) is 7.98. The topological polar surface area (TPSA) is 113 Å². The van der Waals surface area contributed by atoms with Gasteiger partial charge < -0.3 is 23.7 Å². The van der Waals surface area contributed by atoms with Crippen LogP contribution in [-0.4, -0.2) is 55.1 Å². The maximum atomic E-state index is 11.0. The van der Waals surface area contributed by atoms with Gasteiger partial charge in [0.05, 0.1) is 52.1 Å². The molecule has 1 saturated heterocycles.